The summed E-state index contributed by atoms with van der Waals surface area (Å²) >= 11 is 1.17. The normalized spacial score (nSPS) is 18.7. The van der Waals surface area contributed by atoms with Gasteiger partial charge in [0.1, 0.15) is 17.7 Å². The largest absolute Gasteiger partial charge is 0.496 e. The van der Waals surface area contributed by atoms with E-state index in [0.29, 0.717) is 37.7 Å². The Labute approximate surface area is 245 Å². The van der Waals surface area contributed by atoms with Crippen LogP contribution in [0.5, 0.6) is 5.75 Å². The maximum atomic E-state index is 14.2. The Balaban J connectivity index is 1.56. The molecule has 9 nitrogen and oxygen atoms in total. The summed E-state index contributed by atoms with van der Waals surface area (Å²) in [5.74, 6) is -0.999. The molecule has 1 aromatic heterocycles. The van der Waals surface area contributed by atoms with Gasteiger partial charge in [0, 0.05) is 5.56 Å². The standard InChI is InChI=1S/C32H28N4O5S/c1-5-41-31(39)26-19(3)33-32-35(28(26)27-22-14-10-9-11-20(22)15-16-24(27)40-4)30(38)25(42-32)17-23-18(2)34-36(29(23)37)21-12-7-6-8-13-21/h6-17,23,28H,5H2,1-4H3/b25-17+/t23-,28+/m0/s1. The summed E-state index contributed by atoms with van der Waals surface area (Å²) in [6, 6.07) is 19.8. The molecule has 0 spiro atoms. The number of hydrogen-bond acceptors (Lipinski definition) is 8. The van der Waals surface area contributed by atoms with E-state index in [1.54, 1.807) is 34.0 Å². The Hall–Kier alpha value is -4.83. The maximum absolute atomic E-state index is 14.2. The molecule has 3 heterocycles. The fraction of sp³-hybridized carbons (Fsp3) is 0.219. The Morgan fingerprint density at radius 1 is 1.02 bits per heavy atom. The first-order chi connectivity index (χ1) is 20.3. The number of carbonyl (C=O) groups excluding carboxylic acids is 2. The van der Waals surface area contributed by atoms with E-state index in [-0.39, 0.29) is 23.6 Å². The Kier molecular flexibility index (Phi) is 7.07. The maximum Gasteiger partial charge on any atom is 0.338 e. The molecule has 2 aliphatic rings. The van der Waals surface area contributed by atoms with Gasteiger partial charge in [-0.15, -0.1) is 0 Å². The molecule has 212 valence electrons. The Bertz CT molecular complexity index is 1990. The van der Waals surface area contributed by atoms with Crippen molar-refractivity contribution in [3.8, 4) is 5.75 Å². The van der Waals surface area contributed by atoms with Crippen LogP contribution in [0.1, 0.15) is 32.4 Å². The molecule has 0 radical (unpaired) electrons. The second-order valence-electron chi connectivity index (χ2n) is 9.93. The SMILES string of the molecule is CCOC(=O)C1=C(C)N=c2s/c(=C/[C@@H]3C(=O)N(c4ccccc4)N=C3C)c(=O)n2[C@H]1c1c(OC)ccc2ccccc12. The van der Waals surface area contributed by atoms with Crippen LogP contribution in [-0.2, 0) is 14.3 Å². The number of ether oxygens (including phenoxy) is 2. The smallest absolute Gasteiger partial charge is 0.338 e. The number of hydrogen-bond donors (Lipinski definition) is 0. The van der Waals surface area contributed by atoms with Gasteiger partial charge in [-0.05, 0) is 55.8 Å². The molecule has 0 N–H and O–H groups in total. The average molecular weight is 581 g/mol. The van der Waals surface area contributed by atoms with E-state index in [0.717, 1.165) is 10.8 Å². The van der Waals surface area contributed by atoms with E-state index in [9.17, 15) is 14.4 Å². The van der Waals surface area contributed by atoms with Crippen LogP contribution in [0.2, 0.25) is 0 Å². The molecule has 2 atom stereocenters. The van der Waals surface area contributed by atoms with Crippen molar-refractivity contribution in [2.75, 3.05) is 18.7 Å². The molecule has 2 aliphatic heterocycles. The molecule has 42 heavy (non-hydrogen) atoms. The summed E-state index contributed by atoms with van der Waals surface area (Å²) in [5, 5.41) is 7.60. The molecule has 6 rings (SSSR count). The number of para-hydroxylation sites is 1. The molecule has 4 aromatic rings. The lowest BCUT2D eigenvalue weighted by molar-refractivity contribution is -0.139. The highest BCUT2D eigenvalue weighted by Gasteiger charge is 2.37. The van der Waals surface area contributed by atoms with Crippen molar-refractivity contribution >= 4 is 51.5 Å². The average Bonchev–Trinajstić information content (AvgIpc) is 3.46. The number of rotatable bonds is 6. The predicted octanol–water partition coefficient (Wildman–Crippen LogP) is 3.95. The van der Waals surface area contributed by atoms with Gasteiger partial charge in [0.2, 0.25) is 0 Å². The van der Waals surface area contributed by atoms with Crippen LogP contribution < -0.4 is 24.6 Å². The number of nitrogens with zero attached hydrogens (tertiary/aromatic N) is 4. The van der Waals surface area contributed by atoms with Gasteiger partial charge in [-0.3, -0.25) is 14.2 Å². The highest BCUT2D eigenvalue weighted by Crippen LogP contribution is 2.40. The van der Waals surface area contributed by atoms with Crippen LogP contribution in [0.3, 0.4) is 0 Å². The van der Waals surface area contributed by atoms with Gasteiger partial charge in [0.15, 0.2) is 4.80 Å². The van der Waals surface area contributed by atoms with Crippen LogP contribution in [0.25, 0.3) is 16.8 Å². The number of benzene rings is 3. The highest BCUT2D eigenvalue weighted by atomic mass is 32.1. The van der Waals surface area contributed by atoms with E-state index in [1.807, 2.05) is 66.7 Å². The molecule has 3 aromatic carbocycles. The summed E-state index contributed by atoms with van der Waals surface area (Å²) < 4.78 is 13.1. The van der Waals surface area contributed by atoms with Gasteiger partial charge in [0.25, 0.3) is 11.5 Å². The van der Waals surface area contributed by atoms with Crippen LogP contribution in [-0.4, -0.2) is 35.9 Å². The molecule has 0 saturated heterocycles. The van der Waals surface area contributed by atoms with Crippen molar-refractivity contribution in [1.29, 1.82) is 0 Å². The number of anilines is 1. The van der Waals surface area contributed by atoms with E-state index >= 15 is 0 Å². The summed E-state index contributed by atoms with van der Waals surface area (Å²) in [6.07, 6.45) is 1.65. The fourth-order valence-corrected chi connectivity index (χ4v) is 6.55. The molecule has 0 saturated carbocycles. The third-order valence-electron chi connectivity index (χ3n) is 7.44. The Morgan fingerprint density at radius 2 is 1.76 bits per heavy atom. The molecule has 0 bridgehead atoms. The van der Waals surface area contributed by atoms with Gasteiger partial charge < -0.3 is 9.47 Å². The minimum Gasteiger partial charge on any atom is -0.496 e. The van der Waals surface area contributed by atoms with Crippen molar-refractivity contribution in [1.82, 2.24) is 4.57 Å². The summed E-state index contributed by atoms with van der Waals surface area (Å²) in [4.78, 5) is 46.2. The first kappa shape index (κ1) is 27.3. The molecular weight excluding hydrogens is 552 g/mol. The van der Waals surface area contributed by atoms with Gasteiger partial charge in [-0.1, -0.05) is 59.9 Å². The molecule has 10 heteroatoms. The zero-order valence-corrected chi connectivity index (χ0v) is 24.3. The molecule has 0 aliphatic carbocycles. The first-order valence-corrected chi connectivity index (χ1v) is 14.3. The monoisotopic (exact) mass is 580 g/mol. The lowest BCUT2D eigenvalue weighted by atomic mass is 9.90. The van der Waals surface area contributed by atoms with Gasteiger partial charge >= 0.3 is 5.97 Å². The van der Waals surface area contributed by atoms with E-state index in [4.69, 9.17) is 9.47 Å². The third-order valence-corrected chi connectivity index (χ3v) is 8.44. The predicted molar refractivity (Wildman–Crippen MR) is 162 cm³/mol. The topological polar surface area (TPSA) is 103 Å². The van der Waals surface area contributed by atoms with E-state index < -0.39 is 17.9 Å². The fourth-order valence-electron chi connectivity index (χ4n) is 5.49. The van der Waals surface area contributed by atoms with Crippen LogP contribution >= 0.6 is 11.3 Å². The third kappa shape index (κ3) is 4.44. The summed E-state index contributed by atoms with van der Waals surface area (Å²) in [7, 11) is 1.56. The molecular formula is C32H28N4O5S. The molecule has 0 unspecified atom stereocenters. The van der Waals surface area contributed by atoms with E-state index in [2.05, 4.69) is 10.1 Å². The lowest BCUT2D eigenvalue weighted by Crippen LogP contribution is -2.40. The zero-order chi connectivity index (χ0) is 29.5. The van der Waals surface area contributed by atoms with Crippen molar-refractivity contribution in [2.45, 2.75) is 26.8 Å². The number of amides is 1. The van der Waals surface area contributed by atoms with Gasteiger partial charge in [-0.25, -0.2) is 9.79 Å². The summed E-state index contributed by atoms with van der Waals surface area (Å²) in [5.41, 5.74) is 2.22. The number of fused-ring (bicyclic) bond motifs is 2. The minimum atomic E-state index is -0.863. The number of allylic oxidation sites excluding steroid dienone is 1. The van der Waals surface area contributed by atoms with Crippen LogP contribution in [0, 0.1) is 5.92 Å². The minimum absolute atomic E-state index is 0.166. The van der Waals surface area contributed by atoms with Gasteiger partial charge in [0.05, 0.1) is 40.9 Å². The van der Waals surface area contributed by atoms with Crippen LogP contribution in [0.15, 0.2) is 92.9 Å². The highest BCUT2D eigenvalue weighted by molar-refractivity contribution is 7.07. The van der Waals surface area contributed by atoms with Crippen molar-refractivity contribution in [3.05, 3.63) is 103 Å². The molecule has 1 amide bonds. The van der Waals surface area contributed by atoms with Gasteiger partial charge in [-0.2, -0.15) is 10.1 Å². The number of esters is 1. The van der Waals surface area contributed by atoms with Crippen molar-refractivity contribution in [2.24, 2.45) is 16.0 Å². The number of carbonyl (C=O) groups is 2. The zero-order valence-electron chi connectivity index (χ0n) is 23.5. The Morgan fingerprint density at radius 3 is 2.50 bits per heavy atom. The summed E-state index contributed by atoms with van der Waals surface area (Å²) in [6.45, 7) is 5.41. The number of thiazole rings is 1. The lowest BCUT2D eigenvalue weighted by Gasteiger charge is -2.27. The second kappa shape index (κ2) is 10.9. The number of aromatic nitrogens is 1. The van der Waals surface area contributed by atoms with Crippen molar-refractivity contribution < 1.29 is 19.1 Å². The quantitative estimate of drug-likeness (QED) is 0.322. The van der Waals surface area contributed by atoms with Crippen LogP contribution in [0.4, 0.5) is 5.69 Å². The second-order valence-corrected chi connectivity index (χ2v) is 10.9. The van der Waals surface area contributed by atoms with Crippen molar-refractivity contribution in [3.63, 3.8) is 0 Å². The molecule has 0 fully saturated rings. The first-order valence-electron chi connectivity index (χ1n) is 13.5. The number of hydrazone groups is 1. The van der Waals surface area contributed by atoms with E-state index in [1.165, 1.54) is 20.9 Å². The number of methoxy groups -OCH3 is 1.